The van der Waals surface area contributed by atoms with Gasteiger partial charge in [0.25, 0.3) is 5.91 Å². The Hall–Kier alpha value is -2.95. The molecule has 1 aliphatic heterocycles. The number of rotatable bonds is 3. The van der Waals surface area contributed by atoms with E-state index in [0.717, 1.165) is 36.6 Å². The molecule has 0 bridgehead atoms. The molecule has 0 spiro atoms. The van der Waals surface area contributed by atoms with Gasteiger partial charge >= 0.3 is 0 Å². The molecule has 28 heavy (non-hydrogen) atoms. The van der Waals surface area contributed by atoms with E-state index in [4.69, 9.17) is 0 Å². The molecule has 142 valence electrons. The lowest BCUT2D eigenvalue weighted by Crippen LogP contribution is -2.43. The van der Waals surface area contributed by atoms with Gasteiger partial charge in [0.15, 0.2) is 5.78 Å². The zero-order valence-electron chi connectivity index (χ0n) is 16.0. The lowest BCUT2D eigenvalue weighted by molar-refractivity contribution is 0.0628. The third-order valence-corrected chi connectivity index (χ3v) is 6.26. The highest BCUT2D eigenvalue weighted by Crippen LogP contribution is 2.34. The third-order valence-electron chi connectivity index (χ3n) is 6.26. The maximum Gasteiger partial charge on any atom is 0.272 e. The molecule has 5 rings (SSSR count). The maximum absolute atomic E-state index is 13.4. The zero-order valence-corrected chi connectivity index (χ0v) is 16.0. The van der Waals surface area contributed by atoms with E-state index >= 15 is 0 Å². The number of aryl methyl sites for hydroxylation is 3. The van der Waals surface area contributed by atoms with Crippen molar-refractivity contribution >= 4 is 22.5 Å². The minimum atomic E-state index is -0.149. The van der Waals surface area contributed by atoms with Crippen molar-refractivity contribution in [3.8, 4) is 0 Å². The highest BCUT2D eigenvalue weighted by Gasteiger charge is 2.31. The summed E-state index contributed by atoms with van der Waals surface area (Å²) >= 11 is 0. The number of Topliss-reactive ketones (excluding diaryl/α,β-unsaturated/α-hetero) is 1. The fourth-order valence-corrected chi connectivity index (χ4v) is 4.80. The van der Waals surface area contributed by atoms with Crippen molar-refractivity contribution in [2.24, 2.45) is 13.0 Å². The summed E-state index contributed by atoms with van der Waals surface area (Å²) in [6.45, 7) is 1.17. The predicted octanol–water partition coefficient (Wildman–Crippen LogP) is 3.41. The molecule has 1 fully saturated rings. The van der Waals surface area contributed by atoms with Crippen LogP contribution in [-0.4, -0.2) is 39.5 Å². The second-order valence-electron chi connectivity index (χ2n) is 7.91. The van der Waals surface area contributed by atoms with Crippen LogP contribution in [0.4, 0.5) is 0 Å². The van der Waals surface area contributed by atoms with Crippen LogP contribution in [0.15, 0.2) is 42.6 Å². The van der Waals surface area contributed by atoms with E-state index in [9.17, 15) is 9.59 Å². The largest absolute Gasteiger partial charge is 0.337 e. The van der Waals surface area contributed by atoms with Crippen molar-refractivity contribution in [3.05, 3.63) is 65.0 Å². The second-order valence-corrected chi connectivity index (χ2v) is 7.91. The molecule has 2 heterocycles. The molecule has 0 N–H and O–H groups in total. The number of carbonyl (C=O) groups is 2. The molecular formula is C23H23N3O2. The van der Waals surface area contributed by atoms with Crippen molar-refractivity contribution in [1.29, 1.82) is 0 Å². The van der Waals surface area contributed by atoms with Crippen LogP contribution in [0.2, 0.25) is 0 Å². The molecule has 1 unspecified atom stereocenters. The van der Waals surface area contributed by atoms with Gasteiger partial charge in [-0.05, 0) is 53.6 Å². The fourth-order valence-electron chi connectivity index (χ4n) is 4.80. The molecule has 2 aliphatic rings. The van der Waals surface area contributed by atoms with Gasteiger partial charge in [0, 0.05) is 37.8 Å². The van der Waals surface area contributed by atoms with E-state index in [2.05, 4.69) is 29.4 Å². The Morgan fingerprint density at radius 3 is 2.68 bits per heavy atom. The smallest absolute Gasteiger partial charge is 0.272 e. The van der Waals surface area contributed by atoms with E-state index in [0.29, 0.717) is 18.8 Å². The molecule has 1 aromatic heterocycles. The van der Waals surface area contributed by atoms with Gasteiger partial charge in [-0.1, -0.05) is 30.3 Å². The van der Waals surface area contributed by atoms with Gasteiger partial charge in [0.1, 0.15) is 5.69 Å². The molecule has 1 saturated heterocycles. The highest BCUT2D eigenvalue weighted by atomic mass is 16.2. The minimum Gasteiger partial charge on any atom is -0.337 e. The molecule has 2 aromatic carbocycles. The topological polar surface area (TPSA) is 55.2 Å². The fraction of sp³-hybridized carbons (Fsp3) is 0.348. The van der Waals surface area contributed by atoms with Gasteiger partial charge in [-0.2, -0.15) is 5.10 Å². The van der Waals surface area contributed by atoms with Crippen molar-refractivity contribution in [3.63, 3.8) is 0 Å². The van der Waals surface area contributed by atoms with Gasteiger partial charge in [0.2, 0.25) is 0 Å². The Bertz CT molecular complexity index is 1090. The summed E-state index contributed by atoms with van der Waals surface area (Å²) in [5.74, 6) is -0.0274. The number of aromatic nitrogens is 2. The van der Waals surface area contributed by atoms with Crippen molar-refractivity contribution in [1.82, 2.24) is 14.7 Å². The van der Waals surface area contributed by atoms with Crippen LogP contribution < -0.4 is 0 Å². The van der Waals surface area contributed by atoms with E-state index < -0.39 is 0 Å². The Morgan fingerprint density at radius 1 is 1.07 bits per heavy atom. The van der Waals surface area contributed by atoms with Gasteiger partial charge in [0.05, 0.1) is 0 Å². The summed E-state index contributed by atoms with van der Waals surface area (Å²) in [6.07, 6.45) is 5.42. The van der Waals surface area contributed by atoms with Gasteiger partial charge in [-0.15, -0.1) is 0 Å². The molecule has 3 aromatic rings. The molecule has 5 nitrogen and oxygen atoms in total. The lowest BCUT2D eigenvalue weighted by atomic mass is 9.87. The van der Waals surface area contributed by atoms with Crippen LogP contribution in [0.5, 0.6) is 0 Å². The Morgan fingerprint density at radius 2 is 1.89 bits per heavy atom. The summed E-state index contributed by atoms with van der Waals surface area (Å²) in [4.78, 5) is 28.1. The molecule has 1 amide bonds. The monoisotopic (exact) mass is 373 g/mol. The summed E-state index contributed by atoms with van der Waals surface area (Å²) in [6, 6.07) is 12.1. The van der Waals surface area contributed by atoms with E-state index in [1.807, 2.05) is 11.0 Å². The van der Waals surface area contributed by atoms with Gasteiger partial charge in [-0.3, -0.25) is 14.3 Å². The van der Waals surface area contributed by atoms with Crippen molar-refractivity contribution < 1.29 is 9.59 Å². The lowest BCUT2D eigenvalue weighted by Gasteiger charge is -2.32. The van der Waals surface area contributed by atoms with Crippen LogP contribution in [0, 0.1) is 5.92 Å². The quantitative estimate of drug-likeness (QED) is 0.661. The SMILES string of the molecule is Cn1nccc1C(=O)N1CCCC(C(=O)c2ccc3c4c(cccc24)CC3)C1. The number of nitrogens with zero attached hydrogens (tertiary/aromatic N) is 3. The normalized spacial score (nSPS) is 18.6. The first-order valence-corrected chi connectivity index (χ1v) is 9.98. The average Bonchev–Trinajstić information content (AvgIpc) is 3.35. The second kappa shape index (κ2) is 6.59. The molecule has 0 saturated carbocycles. The summed E-state index contributed by atoms with van der Waals surface area (Å²) < 4.78 is 1.59. The molecule has 5 heteroatoms. The van der Waals surface area contributed by atoms with Gasteiger partial charge < -0.3 is 4.90 Å². The molecule has 0 radical (unpaired) electrons. The first-order valence-electron chi connectivity index (χ1n) is 9.98. The Balaban J connectivity index is 1.44. The van der Waals surface area contributed by atoms with Crippen molar-refractivity contribution in [2.45, 2.75) is 25.7 Å². The predicted molar refractivity (Wildman–Crippen MR) is 108 cm³/mol. The zero-order chi connectivity index (χ0) is 19.3. The van der Waals surface area contributed by atoms with Crippen LogP contribution in [0.25, 0.3) is 10.8 Å². The summed E-state index contributed by atoms with van der Waals surface area (Å²) in [7, 11) is 1.77. The van der Waals surface area contributed by atoms with Crippen LogP contribution in [0.1, 0.15) is 44.8 Å². The van der Waals surface area contributed by atoms with Crippen LogP contribution in [-0.2, 0) is 19.9 Å². The van der Waals surface area contributed by atoms with E-state index in [1.54, 1.807) is 24.0 Å². The summed E-state index contributed by atoms with van der Waals surface area (Å²) in [5.41, 5.74) is 4.07. The third kappa shape index (κ3) is 2.65. The van der Waals surface area contributed by atoms with E-state index in [-0.39, 0.29) is 17.6 Å². The molecular weight excluding hydrogens is 350 g/mol. The van der Waals surface area contributed by atoms with E-state index in [1.165, 1.54) is 16.5 Å². The first-order chi connectivity index (χ1) is 13.6. The number of benzene rings is 2. The number of amides is 1. The maximum atomic E-state index is 13.4. The van der Waals surface area contributed by atoms with Gasteiger partial charge in [-0.25, -0.2) is 0 Å². The minimum absolute atomic E-state index is 0.0436. The highest BCUT2D eigenvalue weighted by molar-refractivity contribution is 6.11. The number of carbonyl (C=O) groups excluding carboxylic acids is 2. The van der Waals surface area contributed by atoms with Crippen LogP contribution >= 0.6 is 0 Å². The molecule has 1 atom stereocenters. The Labute approximate surface area is 163 Å². The number of piperidine rings is 1. The summed E-state index contributed by atoms with van der Waals surface area (Å²) in [5, 5.41) is 6.44. The van der Waals surface area contributed by atoms with Crippen molar-refractivity contribution in [2.75, 3.05) is 13.1 Å². The number of ketones is 1. The van der Waals surface area contributed by atoms with Crippen LogP contribution in [0.3, 0.4) is 0 Å². The number of hydrogen-bond acceptors (Lipinski definition) is 3. The standard InChI is InChI=1S/C23H23N3O2/c1-25-20(11-12-24-25)23(28)26-13-3-5-17(14-26)22(27)19-10-9-16-8-7-15-4-2-6-18(19)21(15)16/h2,4,6,9-12,17H,3,5,7-8,13-14H2,1H3. The molecule has 1 aliphatic carbocycles. The number of likely N-dealkylation sites (tertiary alicyclic amines) is 1. The first kappa shape index (κ1) is 17.2. The number of hydrogen-bond donors (Lipinski definition) is 0. The average molecular weight is 373 g/mol. The Kier molecular flexibility index (Phi) is 4.04.